The Morgan fingerprint density at radius 2 is 1.96 bits per heavy atom. The number of benzene rings is 1. The zero-order valence-corrected chi connectivity index (χ0v) is 12.7. The van der Waals surface area contributed by atoms with Gasteiger partial charge in [-0.15, -0.1) is 0 Å². The average molecular weight is 309 g/mol. The van der Waals surface area contributed by atoms with Gasteiger partial charge < -0.3 is 14.8 Å². The van der Waals surface area contributed by atoms with Crippen molar-refractivity contribution in [2.75, 3.05) is 0 Å². The van der Waals surface area contributed by atoms with Gasteiger partial charge in [-0.05, 0) is 30.7 Å². The van der Waals surface area contributed by atoms with E-state index in [0.717, 1.165) is 16.8 Å². The van der Waals surface area contributed by atoms with Crippen LogP contribution in [0, 0.1) is 6.92 Å². The minimum atomic E-state index is -1.01. The van der Waals surface area contributed by atoms with Crippen molar-refractivity contribution in [1.82, 2.24) is 14.5 Å². The van der Waals surface area contributed by atoms with E-state index in [0.29, 0.717) is 11.4 Å². The number of aromatic carboxylic acids is 1. The van der Waals surface area contributed by atoms with Crippen LogP contribution < -0.4 is 0 Å². The third-order valence-corrected chi connectivity index (χ3v) is 3.67. The number of phenolic OH excluding ortho intramolecular Hbond substituents is 1. The van der Waals surface area contributed by atoms with Crippen LogP contribution in [0.5, 0.6) is 5.75 Å². The molecule has 2 aromatic heterocycles. The predicted octanol–water partition coefficient (Wildman–Crippen LogP) is 2.86. The van der Waals surface area contributed by atoms with Gasteiger partial charge in [-0.25, -0.2) is 9.78 Å². The lowest BCUT2D eigenvalue weighted by molar-refractivity contribution is 0.0697. The highest BCUT2D eigenvalue weighted by atomic mass is 16.4. The topological polar surface area (TPSA) is 88.2 Å². The Kier molecular flexibility index (Phi) is 3.57. The summed E-state index contributed by atoms with van der Waals surface area (Å²) in [4.78, 5) is 19.7. The summed E-state index contributed by atoms with van der Waals surface area (Å²) in [6, 6.07) is 8.30. The fraction of sp³-hybridized carbons (Fsp3) is 0.118. The zero-order valence-electron chi connectivity index (χ0n) is 12.7. The maximum Gasteiger partial charge on any atom is 0.335 e. The Hall–Kier alpha value is -3.15. The second kappa shape index (κ2) is 5.57. The van der Waals surface area contributed by atoms with Gasteiger partial charge in [0.05, 0.1) is 23.3 Å². The summed E-state index contributed by atoms with van der Waals surface area (Å²) >= 11 is 0. The second-order valence-corrected chi connectivity index (χ2v) is 5.29. The van der Waals surface area contributed by atoms with Crippen molar-refractivity contribution in [3.05, 3.63) is 54.0 Å². The molecule has 0 fully saturated rings. The van der Waals surface area contributed by atoms with Gasteiger partial charge >= 0.3 is 5.97 Å². The number of carboxylic acids is 1. The molecule has 6 heteroatoms. The number of aryl methyl sites for hydroxylation is 2. The number of rotatable bonds is 3. The number of aromatic hydroxyl groups is 1. The fourth-order valence-electron chi connectivity index (χ4n) is 2.41. The lowest BCUT2D eigenvalue weighted by Crippen LogP contribution is -1.98. The first-order valence-corrected chi connectivity index (χ1v) is 6.98. The Balaban J connectivity index is 2.17. The minimum Gasteiger partial charge on any atom is -0.508 e. The number of nitrogens with zero attached hydrogens (tertiary/aromatic N) is 3. The molecular weight excluding hydrogens is 294 g/mol. The van der Waals surface area contributed by atoms with Gasteiger partial charge in [0.1, 0.15) is 11.4 Å². The maximum atomic E-state index is 11.1. The second-order valence-electron chi connectivity index (χ2n) is 5.29. The first kappa shape index (κ1) is 14.8. The molecule has 0 unspecified atom stereocenters. The molecule has 0 aliphatic rings. The molecule has 0 atom stereocenters. The Bertz CT molecular complexity index is 900. The molecule has 23 heavy (non-hydrogen) atoms. The quantitative estimate of drug-likeness (QED) is 0.776. The van der Waals surface area contributed by atoms with E-state index in [1.807, 2.05) is 30.7 Å². The summed E-state index contributed by atoms with van der Waals surface area (Å²) < 4.78 is 1.81. The van der Waals surface area contributed by atoms with Gasteiger partial charge in [-0.3, -0.25) is 4.98 Å². The lowest BCUT2D eigenvalue weighted by Gasteiger charge is -2.08. The highest BCUT2D eigenvalue weighted by Crippen LogP contribution is 2.32. The normalized spacial score (nSPS) is 10.7. The molecule has 0 saturated heterocycles. The number of hydrogen-bond acceptors (Lipinski definition) is 4. The summed E-state index contributed by atoms with van der Waals surface area (Å²) in [6.45, 7) is 1.82. The van der Waals surface area contributed by atoms with Crippen LogP contribution in [-0.4, -0.2) is 30.7 Å². The Labute approximate surface area is 132 Å². The number of phenols is 1. The molecule has 3 rings (SSSR count). The van der Waals surface area contributed by atoms with Crippen LogP contribution in [0.2, 0.25) is 0 Å². The van der Waals surface area contributed by atoms with Crippen molar-refractivity contribution >= 4 is 5.97 Å². The van der Waals surface area contributed by atoms with E-state index in [4.69, 9.17) is 5.11 Å². The van der Waals surface area contributed by atoms with Crippen LogP contribution in [0.25, 0.3) is 22.6 Å². The van der Waals surface area contributed by atoms with Crippen LogP contribution in [-0.2, 0) is 7.05 Å². The number of hydrogen-bond donors (Lipinski definition) is 2. The van der Waals surface area contributed by atoms with E-state index in [2.05, 4.69) is 9.97 Å². The highest BCUT2D eigenvalue weighted by molar-refractivity contribution is 5.89. The molecule has 0 amide bonds. The Morgan fingerprint density at radius 3 is 2.65 bits per heavy atom. The first-order chi connectivity index (χ1) is 11.0. The smallest absolute Gasteiger partial charge is 0.335 e. The molecule has 0 bridgehead atoms. The van der Waals surface area contributed by atoms with Crippen molar-refractivity contribution < 1.29 is 15.0 Å². The molecule has 1 aromatic carbocycles. The van der Waals surface area contributed by atoms with Gasteiger partial charge in [0, 0.05) is 18.8 Å². The molecule has 0 saturated carbocycles. The Morgan fingerprint density at radius 1 is 1.17 bits per heavy atom. The largest absolute Gasteiger partial charge is 0.508 e. The number of carboxylic acid groups (broad SMARTS) is 1. The van der Waals surface area contributed by atoms with Crippen molar-refractivity contribution in [2.45, 2.75) is 6.92 Å². The molecule has 3 aromatic rings. The zero-order chi connectivity index (χ0) is 16.6. The van der Waals surface area contributed by atoms with Gasteiger partial charge in [0.15, 0.2) is 0 Å². The molecule has 0 aliphatic heterocycles. The highest BCUT2D eigenvalue weighted by Gasteiger charge is 2.16. The summed E-state index contributed by atoms with van der Waals surface area (Å²) in [6.07, 6.45) is 3.08. The third-order valence-electron chi connectivity index (χ3n) is 3.67. The van der Waals surface area contributed by atoms with Gasteiger partial charge in [-0.2, -0.15) is 0 Å². The minimum absolute atomic E-state index is 0.151. The van der Waals surface area contributed by atoms with Crippen molar-refractivity contribution in [3.8, 4) is 28.4 Å². The van der Waals surface area contributed by atoms with Crippen molar-refractivity contribution in [2.24, 2.45) is 7.05 Å². The van der Waals surface area contributed by atoms with Crippen LogP contribution in [0.1, 0.15) is 15.9 Å². The fourth-order valence-corrected chi connectivity index (χ4v) is 2.41. The number of imidazole rings is 1. The van der Waals surface area contributed by atoms with E-state index < -0.39 is 5.97 Å². The average Bonchev–Trinajstić information content (AvgIpc) is 2.92. The number of pyridine rings is 1. The maximum absolute atomic E-state index is 11.1. The van der Waals surface area contributed by atoms with E-state index >= 15 is 0 Å². The summed E-state index contributed by atoms with van der Waals surface area (Å²) in [5.74, 6) is -0.819. The van der Waals surface area contributed by atoms with Crippen molar-refractivity contribution in [1.29, 1.82) is 0 Å². The van der Waals surface area contributed by atoms with E-state index in [9.17, 15) is 9.90 Å². The molecule has 116 valence electrons. The standard InChI is InChI=1S/C17H15N3O3/c1-10-3-4-11(8-14(10)21)16-15(19-9-20(16)2)13-7-12(17(22)23)5-6-18-13/h3-9,21H,1-2H3,(H,22,23). The SMILES string of the molecule is Cc1ccc(-c2c(-c3cc(C(=O)O)ccn3)ncn2C)cc1O. The summed E-state index contributed by atoms with van der Waals surface area (Å²) in [7, 11) is 1.84. The molecular formula is C17H15N3O3. The van der Waals surface area contributed by atoms with Crippen LogP contribution in [0.15, 0.2) is 42.9 Å². The van der Waals surface area contributed by atoms with Gasteiger partial charge in [0.25, 0.3) is 0 Å². The number of aromatic nitrogens is 3. The van der Waals surface area contributed by atoms with Crippen LogP contribution >= 0.6 is 0 Å². The first-order valence-electron chi connectivity index (χ1n) is 6.98. The predicted molar refractivity (Wildman–Crippen MR) is 85.2 cm³/mol. The van der Waals surface area contributed by atoms with Crippen LogP contribution in [0.3, 0.4) is 0 Å². The van der Waals surface area contributed by atoms with Gasteiger partial charge in [-0.1, -0.05) is 12.1 Å². The third kappa shape index (κ3) is 2.66. The van der Waals surface area contributed by atoms with Crippen molar-refractivity contribution in [3.63, 3.8) is 0 Å². The molecule has 6 nitrogen and oxygen atoms in total. The molecule has 0 radical (unpaired) electrons. The van der Waals surface area contributed by atoms with Gasteiger partial charge in [0.2, 0.25) is 0 Å². The molecule has 0 spiro atoms. The molecule has 2 heterocycles. The van der Waals surface area contributed by atoms with Crippen LogP contribution in [0.4, 0.5) is 0 Å². The van der Waals surface area contributed by atoms with E-state index in [1.165, 1.54) is 18.3 Å². The molecule has 0 aliphatic carbocycles. The van der Waals surface area contributed by atoms with E-state index in [-0.39, 0.29) is 11.3 Å². The summed E-state index contributed by atoms with van der Waals surface area (Å²) in [5, 5.41) is 19.1. The number of carbonyl (C=O) groups is 1. The monoisotopic (exact) mass is 309 g/mol. The summed E-state index contributed by atoms with van der Waals surface area (Å²) in [5.41, 5.74) is 3.52. The molecule has 2 N–H and O–H groups in total. The lowest BCUT2D eigenvalue weighted by atomic mass is 10.0. The van der Waals surface area contributed by atoms with E-state index in [1.54, 1.807) is 12.4 Å².